The summed E-state index contributed by atoms with van der Waals surface area (Å²) in [5, 5.41) is 5.60. The first-order chi connectivity index (χ1) is 14.7. The van der Waals surface area contributed by atoms with Crippen LogP contribution in [0.15, 0.2) is 67.0 Å². The molecule has 0 atom stereocenters. The van der Waals surface area contributed by atoms with Crippen LogP contribution in [0.1, 0.15) is 42.3 Å². The van der Waals surface area contributed by atoms with Gasteiger partial charge in [0.05, 0.1) is 5.56 Å². The maximum absolute atomic E-state index is 12.3. The Labute approximate surface area is 182 Å². The Kier molecular flexibility index (Phi) is 6.70. The summed E-state index contributed by atoms with van der Waals surface area (Å²) in [6, 6.07) is 16.3. The number of ether oxygens (including phenoxy) is 1. The van der Waals surface area contributed by atoms with E-state index in [1.807, 2.05) is 19.1 Å². The molecule has 0 bridgehead atoms. The molecule has 1 heterocycles. The highest BCUT2D eigenvalue weighted by atomic mass is 16.5. The summed E-state index contributed by atoms with van der Waals surface area (Å²) in [7, 11) is 0. The monoisotopic (exact) mass is 417 g/mol. The lowest BCUT2D eigenvalue weighted by Crippen LogP contribution is -2.22. The molecule has 3 aromatic rings. The number of aryl methyl sites for hydroxylation is 1. The van der Waals surface area contributed by atoms with Gasteiger partial charge >= 0.3 is 0 Å². The zero-order valence-electron chi connectivity index (χ0n) is 18.2. The minimum absolute atomic E-state index is 0.0894. The molecule has 2 aromatic carbocycles. The molecule has 2 amide bonds. The average Bonchev–Trinajstić information content (AvgIpc) is 2.74. The Morgan fingerprint density at radius 3 is 2.26 bits per heavy atom. The van der Waals surface area contributed by atoms with Crippen LogP contribution >= 0.6 is 0 Å². The van der Waals surface area contributed by atoms with E-state index < -0.39 is 0 Å². The molecule has 0 spiro atoms. The standard InChI is InChI=1S/C25H27N3O3/c1-17-7-12-22(21(14-17)25(2,3)4)31-16-23(29)27-19-8-10-20(11-9-19)28-24(30)18-6-5-13-26-15-18/h5-15H,16H2,1-4H3,(H,27,29)(H,28,30). The van der Waals surface area contributed by atoms with Gasteiger partial charge in [-0.3, -0.25) is 14.6 Å². The highest BCUT2D eigenvalue weighted by Gasteiger charge is 2.19. The van der Waals surface area contributed by atoms with Gasteiger partial charge in [-0.15, -0.1) is 0 Å². The summed E-state index contributed by atoms with van der Waals surface area (Å²) in [5.74, 6) is 0.209. The van der Waals surface area contributed by atoms with Gasteiger partial charge in [-0.25, -0.2) is 0 Å². The quantitative estimate of drug-likeness (QED) is 0.594. The molecule has 160 valence electrons. The van der Waals surface area contributed by atoms with Crippen LogP contribution in [-0.4, -0.2) is 23.4 Å². The summed E-state index contributed by atoms with van der Waals surface area (Å²) < 4.78 is 5.80. The molecule has 0 fully saturated rings. The van der Waals surface area contributed by atoms with Gasteiger partial charge in [0.2, 0.25) is 0 Å². The molecule has 2 N–H and O–H groups in total. The van der Waals surface area contributed by atoms with Crippen molar-refractivity contribution < 1.29 is 14.3 Å². The van der Waals surface area contributed by atoms with E-state index in [0.717, 1.165) is 11.1 Å². The van der Waals surface area contributed by atoms with Gasteiger partial charge in [-0.05, 0) is 60.4 Å². The molecule has 3 rings (SSSR count). The van der Waals surface area contributed by atoms with Gasteiger partial charge in [-0.2, -0.15) is 0 Å². The topological polar surface area (TPSA) is 80.3 Å². The van der Waals surface area contributed by atoms with Crippen LogP contribution in [0, 0.1) is 6.92 Å². The molecule has 0 radical (unpaired) electrons. The van der Waals surface area contributed by atoms with E-state index in [9.17, 15) is 9.59 Å². The summed E-state index contributed by atoms with van der Waals surface area (Å²) in [6.07, 6.45) is 3.11. The van der Waals surface area contributed by atoms with E-state index in [2.05, 4.69) is 42.5 Å². The minimum Gasteiger partial charge on any atom is -0.483 e. The smallest absolute Gasteiger partial charge is 0.262 e. The highest BCUT2D eigenvalue weighted by Crippen LogP contribution is 2.32. The van der Waals surface area contributed by atoms with Crippen LogP contribution in [0.25, 0.3) is 0 Å². The molecular weight excluding hydrogens is 390 g/mol. The lowest BCUT2D eigenvalue weighted by Gasteiger charge is -2.23. The van der Waals surface area contributed by atoms with Crippen LogP contribution in [0.3, 0.4) is 0 Å². The third-order valence-corrected chi connectivity index (χ3v) is 4.65. The number of anilines is 2. The number of hydrogen-bond acceptors (Lipinski definition) is 4. The Morgan fingerprint density at radius 2 is 1.65 bits per heavy atom. The van der Waals surface area contributed by atoms with Gasteiger partial charge in [0.25, 0.3) is 11.8 Å². The maximum Gasteiger partial charge on any atom is 0.262 e. The fourth-order valence-electron chi connectivity index (χ4n) is 3.03. The number of amides is 2. The fraction of sp³-hybridized carbons (Fsp3) is 0.240. The van der Waals surface area contributed by atoms with Crippen molar-refractivity contribution in [1.82, 2.24) is 4.98 Å². The number of carbonyl (C=O) groups excluding carboxylic acids is 2. The third kappa shape index (κ3) is 6.15. The van der Waals surface area contributed by atoms with Crippen molar-refractivity contribution in [2.75, 3.05) is 17.2 Å². The van der Waals surface area contributed by atoms with Crippen molar-refractivity contribution in [3.05, 3.63) is 83.7 Å². The summed E-state index contributed by atoms with van der Waals surface area (Å²) >= 11 is 0. The molecular formula is C25H27N3O3. The second kappa shape index (κ2) is 9.43. The number of aromatic nitrogens is 1. The summed E-state index contributed by atoms with van der Waals surface area (Å²) in [4.78, 5) is 28.5. The number of pyridine rings is 1. The van der Waals surface area contributed by atoms with Crippen LogP contribution in [0.4, 0.5) is 11.4 Å². The highest BCUT2D eigenvalue weighted by molar-refractivity contribution is 6.04. The first kappa shape index (κ1) is 22.0. The van der Waals surface area contributed by atoms with E-state index in [1.165, 1.54) is 6.20 Å². The molecule has 0 unspecified atom stereocenters. The Morgan fingerprint density at radius 1 is 0.968 bits per heavy atom. The fourth-order valence-corrected chi connectivity index (χ4v) is 3.03. The van der Waals surface area contributed by atoms with Crippen molar-refractivity contribution in [1.29, 1.82) is 0 Å². The van der Waals surface area contributed by atoms with Crippen LogP contribution < -0.4 is 15.4 Å². The molecule has 0 saturated carbocycles. The molecule has 1 aromatic heterocycles. The average molecular weight is 418 g/mol. The molecule has 0 aliphatic carbocycles. The third-order valence-electron chi connectivity index (χ3n) is 4.65. The van der Waals surface area contributed by atoms with E-state index >= 15 is 0 Å². The van der Waals surface area contributed by atoms with Gasteiger partial charge in [0.15, 0.2) is 6.61 Å². The number of nitrogens with one attached hydrogen (secondary N) is 2. The number of carbonyl (C=O) groups is 2. The lowest BCUT2D eigenvalue weighted by molar-refractivity contribution is -0.118. The zero-order valence-corrected chi connectivity index (χ0v) is 18.2. The van der Waals surface area contributed by atoms with Crippen LogP contribution in [0.2, 0.25) is 0 Å². The predicted molar refractivity (Wildman–Crippen MR) is 123 cm³/mol. The van der Waals surface area contributed by atoms with Crippen LogP contribution in [-0.2, 0) is 10.2 Å². The first-order valence-corrected chi connectivity index (χ1v) is 10.1. The molecule has 31 heavy (non-hydrogen) atoms. The molecule has 0 saturated heterocycles. The second-order valence-corrected chi connectivity index (χ2v) is 8.36. The normalized spacial score (nSPS) is 11.0. The summed E-state index contributed by atoms with van der Waals surface area (Å²) in [5.41, 5.74) is 3.84. The molecule has 0 aliphatic heterocycles. The first-order valence-electron chi connectivity index (χ1n) is 10.1. The Bertz CT molecular complexity index is 1060. The van der Waals surface area contributed by atoms with Crippen molar-refractivity contribution in [3.8, 4) is 5.75 Å². The van der Waals surface area contributed by atoms with Gasteiger partial charge in [-0.1, -0.05) is 38.5 Å². The van der Waals surface area contributed by atoms with E-state index in [1.54, 1.807) is 42.6 Å². The SMILES string of the molecule is Cc1ccc(OCC(=O)Nc2ccc(NC(=O)c3cccnc3)cc2)c(C(C)(C)C)c1. The number of benzene rings is 2. The van der Waals surface area contributed by atoms with Crippen molar-refractivity contribution in [2.45, 2.75) is 33.1 Å². The number of hydrogen-bond donors (Lipinski definition) is 2. The van der Waals surface area contributed by atoms with Crippen molar-refractivity contribution in [3.63, 3.8) is 0 Å². The molecule has 0 aliphatic rings. The van der Waals surface area contributed by atoms with E-state index in [0.29, 0.717) is 22.7 Å². The predicted octanol–water partition coefficient (Wildman–Crippen LogP) is 4.96. The van der Waals surface area contributed by atoms with Crippen molar-refractivity contribution in [2.24, 2.45) is 0 Å². The number of rotatable bonds is 6. The van der Waals surface area contributed by atoms with Gasteiger partial charge in [0, 0.05) is 23.8 Å². The minimum atomic E-state index is -0.257. The lowest BCUT2D eigenvalue weighted by atomic mass is 9.85. The maximum atomic E-state index is 12.3. The molecule has 6 nitrogen and oxygen atoms in total. The number of nitrogens with zero attached hydrogens (tertiary/aromatic N) is 1. The van der Waals surface area contributed by atoms with E-state index in [-0.39, 0.29) is 23.8 Å². The zero-order chi connectivity index (χ0) is 22.4. The largest absolute Gasteiger partial charge is 0.483 e. The second-order valence-electron chi connectivity index (χ2n) is 8.36. The Hall–Kier alpha value is -3.67. The molecule has 6 heteroatoms. The van der Waals surface area contributed by atoms with Gasteiger partial charge < -0.3 is 15.4 Å². The van der Waals surface area contributed by atoms with Crippen LogP contribution in [0.5, 0.6) is 5.75 Å². The van der Waals surface area contributed by atoms with E-state index in [4.69, 9.17) is 4.74 Å². The van der Waals surface area contributed by atoms with Gasteiger partial charge in [0.1, 0.15) is 5.75 Å². The summed E-state index contributed by atoms with van der Waals surface area (Å²) in [6.45, 7) is 8.29. The van der Waals surface area contributed by atoms with Crippen molar-refractivity contribution >= 4 is 23.2 Å². The Balaban J connectivity index is 1.56.